The molecule has 1 N–H and O–H groups in total. The molecule has 0 radical (unpaired) electrons. The van der Waals surface area contributed by atoms with Gasteiger partial charge in [0.2, 0.25) is 18.2 Å². The second-order valence-electron chi connectivity index (χ2n) is 6.87. The van der Waals surface area contributed by atoms with E-state index in [2.05, 4.69) is 5.32 Å². The summed E-state index contributed by atoms with van der Waals surface area (Å²) in [7, 11) is 1.62. The van der Waals surface area contributed by atoms with Crippen molar-refractivity contribution in [3.8, 4) is 5.75 Å². The molecule has 2 aliphatic rings. The maximum atomic E-state index is 12.8. The van der Waals surface area contributed by atoms with Crippen molar-refractivity contribution in [1.82, 2.24) is 15.1 Å². The summed E-state index contributed by atoms with van der Waals surface area (Å²) in [6.07, 6.45) is 2.70. The van der Waals surface area contributed by atoms with Gasteiger partial charge in [-0.3, -0.25) is 14.4 Å². The third-order valence-corrected chi connectivity index (χ3v) is 5.18. The second kappa shape index (κ2) is 7.76. The number of hydrogen-bond acceptors (Lipinski definition) is 4. The number of nitrogens with zero attached hydrogens (tertiary/aromatic N) is 2. The number of rotatable bonds is 7. The highest BCUT2D eigenvalue weighted by Gasteiger charge is 2.57. The van der Waals surface area contributed by atoms with Gasteiger partial charge in [-0.05, 0) is 37.0 Å². The molecule has 0 spiro atoms. The summed E-state index contributed by atoms with van der Waals surface area (Å²) in [4.78, 5) is 39.5. The van der Waals surface area contributed by atoms with Gasteiger partial charge in [-0.1, -0.05) is 12.1 Å². The fourth-order valence-electron chi connectivity index (χ4n) is 3.31. The predicted molar refractivity (Wildman–Crippen MR) is 95.6 cm³/mol. The first-order valence-electron chi connectivity index (χ1n) is 8.99. The molecule has 7 nitrogen and oxygen atoms in total. The predicted octanol–water partition coefficient (Wildman–Crippen LogP) is 0.435. The van der Waals surface area contributed by atoms with E-state index in [0.717, 1.165) is 17.7 Å². The van der Waals surface area contributed by atoms with Gasteiger partial charge in [-0.2, -0.15) is 0 Å². The first-order valence-corrected chi connectivity index (χ1v) is 8.99. The number of nitrogens with one attached hydrogen (secondary N) is 1. The summed E-state index contributed by atoms with van der Waals surface area (Å²) >= 11 is 0. The van der Waals surface area contributed by atoms with Crippen molar-refractivity contribution in [3.05, 3.63) is 29.8 Å². The number of amides is 3. The third-order valence-electron chi connectivity index (χ3n) is 5.18. The Bertz CT molecular complexity index is 679. The Kier molecular flexibility index (Phi) is 5.44. The van der Waals surface area contributed by atoms with Gasteiger partial charge in [-0.15, -0.1) is 0 Å². The van der Waals surface area contributed by atoms with Crippen LogP contribution in [0.15, 0.2) is 24.3 Å². The topological polar surface area (TPSA) is 79.0 Å². The summed E-state index contributed by atoms with van der Waals surface area (Å²) in [5.41, 5.74) is 0.184. The molecule has 1 aliphatic carbocycles. The summed E-state index contributed by atoms with van der Waals surface area (Å²) in [5, 5.41) is 2.92. The Morgan fingerprint density at radius 2 is 1.96 bits per heavy atom. The Morgan fingerprint density at radius 1 is 1.23 bits per heavy atom. The van der Waals surface area contributed by atoms with E-state index in [1.807, 2.05) is 24.3 Å². The van der Waals surface area contributed by atoms with Crippen molar-refractivity contribution in [2.75, 3.05) is 39.8 Å². The molecule has 1 aromatic carbocycles. The number of hydrogen-bond donors (Lipinski definition) is 1. The number of ether oxygens (including phenoxy) is 1. The largest absolute Gasteiger partial charge is 0.497 e. The molecule has 0 unspecified atom stereocenters. The van der Waals surface area contributed by atoms with Gasteiger partial charge in [0.1, 0.15) is 11.2 Å². The molecule has 140 valence electrons. The minimum Gasteiger partial charge on any atom is -0.497 e. The zero-order valence-electron chi connectivity index (χ0n) is 15.1. The quantitative estimate of drug-likeness (QED) is 0.566. The molecular weight excluding hydrogens is 334 g/mol. The van der Waals surface area contributed by atoms with Gasteiger partial charge < -0.3 is 19.9 Å². The van der Waals surface area contributed by atoms with Crippen molar-refractivity contribution < 1.29 is 19.1 Å². The van der Waals surface area contributed by atoms with Crippen molar-refractivity contribution >= 4 is 18.2 Å². The van der Waals surface area contributed by atoms with E-state index in [9.17, 15) is 14.4 Å². The lowest BCUT2D eigenvalue weighted by atomic mass is 10.0. The summed E-state index contributed by atoms with van der Waals surface area (Å²) in [6, 6.07) is 7.72. The van der Waals surface area contributed by atoms with Crippen molar-refractivity contribution in [1.29, 1.82) is 0 Å². The minimum atomic E-state index is -0.891. The fourth-order valence-corrected chi connectivity index (χ4v) is 3.31. The van der Waals surface area contributed by atoms with Crippen molar-refractivity contribution in [3.63, 3.8) is 0 Å². The Hall–Kier alpha value is -2.57. The summed E-state index contributed by atoms with van der Waals surface area (Å²) < 4.78 is 5.20. The third kappa shape index (κ3) is 3.81. The molecule has 1 saturated carbocycles. The molecule has 1 saturated heterocycles. The number of benzene rings is 1. The molecular formula is C19H25N3O4. The molecule has 0 atom stereocenters. The van der Waals surface area contributed by atoms with Crippen LogP contribution in [0.2, 0.25) is 0 Å². The monoisotopic (exact) mass is 359 g/mol. The Balaban J connectivity index is 1.50. The van der Waals surface area contributed by atoms with E-state index < -0.39 is 5.41 Å². The van der Waals surface area contributed by atoms with Crippen LogP contribution in [0.4, 0.5) is 0 Å². The van der Waals surface area contributed by atoms with Gasteiger partial charge in [0, 0.05) is 32.7 Å². The normalized spacial score (nSPS) is 18.2. The molecule has 1 aromatic rings. The Morgan fingerprint density at radius 3 is 2.58 bits per heavy atom. The van der Waals surface area contributed by atoms with Crippen molar-refractivity contribution in [2.45, 2.75) is 19.3 Å². The van der Waals surface area contributed by atoms with Crippen LogP contribution in [-0.2, 0) is 20.8 Å². The summed E-state index contributed by atoms with van der Waals surface area (Å²) in [5.74, 6) is 0.516. The maximum absolute atomic E-state index is 12.8. The van der Waals surface area contributed by atoms with Crippen LogP contribution in [0.5, 0.6) is 5.75 Å². The highest BCUT2D eigenvalue weighted by molar-refractivity contribution is 6.07. The molecule has 2 fully saturated rings. The SMILES string of the molecule is COc1cccc(CCNC(=O)C2(C(=O)N3CCN(C=O)CC3)CC2)c1. The molecule has 3 rings (SSSR count). The van der Waals surface area contributed by atoms with Gasteiger partial charge in [0.15, 0.2) is 0 Å². The molecule has 26 heavy (non-hydrogen) atoms. The van der Waals surface area contributed by atoms with Crippen molar-refractivity contribution in [2.24, 2.45) is 5.41 Å². The lowest BCUT2D eigenvalue weighted by molar-refractivity contribution is -0.146. The first-order chi connectivity index (χ1) is 12.6. The lowest BCUT2D eigenvalue weighted by Gasteiger charge is -2.34. The van der Waals surface area contributed by atoms with E-state index in [1.54, 1.807) is 16.9 Å². The van der Waals surface area contributed by atoms with Gasteiger partial charge >= 0.3 is 0 Å². The number of carbonyl (C=O) groups is 3. The standard InChI is InChI=1S/C19H25N3O4/c1-26-16-4-2-3-15(13-16)5-8-20-17(24)19(6-7-19)18(25)22-11-9-21(14-23)10-12-22/h2-4,13-14H,5-12H2,1H3,(H,20,24). The minimum absolute atomic E-state index is 0.0954. The van der Waals surface area contributed by atoms with Gasteiger partial charge in [-0.25, -0.2) is 0 Å². The van der Waals surface area contributed by atoms with Crippen LogP contribution in [0, 0.1) is 5.41 Å². The number of piperazine rings is 1. The molecule has 0 bridgehead atoms. The lowest BCUT2D eigenvalue weighted by Crippen LogP contribution is -2.53. The smallest absolute Gasteiger partial charge is 0.238 e. The highest BCUT2D eigenvalue weighted by Crippen LogP contribution is 2.47. The van der Waals surface area contributed by atoms with Gasteiger partial charge in [0.25, 0.3) is 0 Å². The van der Waals surface area contributed by atoms with Crippen LogP contribution >= 0.6 is 0 Å². The van der Waals surface area contributed by atoms with E-state index >= 15 is 0 Å². The van der Waals surface area contributed by atoms with Crippen LogP contribution < -0.4 is 10.1 Å². The molecule has 1 aliphatic heterocycles. The zero-order chi connectivity index (χ0) is 18.6. The van der Waals surface area contributed by atoms with Crippen LogP contribution in [0.25, 0.3) is 0 Å². The Labute approximate surface area is 153 Å². The number of carbonyl (C=O) groups excluding carboxylic acids is 3. The molecule has 1 heterocycles. The van der Waals surface area contributed by atoms with Crippen LogP contribution in [0.1, 0.15) is 18.4 Å². The zero-order valence-corrected chi connectivity index (χ0v) is 15.1. The van der Waals surface area contributed by atoms with Crippen LogP contribution in [-0.4, -0.2) is 67.9 Å². The van der Waals surface area contributed by atoms with Gasteiger partial charge in [0.05, 0.1) is 7.11 Å². The fraction of sp³-hybridized carbons (Fsp3) is 0.526. The molecule has 3 amide bonds. The molecule has 7 heteroatoms. The maximum Gasteiger partial charge on any atom is 0.238 e. The number of methoxy groups -OCH3 is 1. The average molecular weight is 359 g/mol. The summed E-state index contributed by atoms with van der Waals surface area (Å²) in [6.45, 7) is 2.54. The van der Waals surface area contributed by atoms with E-state index in [-0.39, 0.29) is 11.8 Å². The van der Waals surface area contributed by atoms with E-state index in [1.165, 1.54) is 0 Å². The average Bonchev–Trinajstić information content (AvgIpc) is 3.49. The van der Waals surface area contributed by atoms with E-state index in [4.69, 9.17) is 4.74 Å². The second-order valence-corrected chi connectivity index (χ2v) is 6.87. The van der Waals surface area contributed by atoms with E-state index in [0.29, 0.717) is 52.0 Å². The highest BCUT2D eigenvalue weighted by atomic mass is 16.5. The molecule has 0 aromatic heterocycles. The first kappa shape index (κ1) is 18.2. The van der Waals surface area contributed by atoms with Crippen LogP contribution in [0.3, 0.4) is 0 Å².